The van der Waals surface area contributed by atoms with Crippen molar-refractivity contribution in [2.75, 3.05) is 5.32 Å². The van der Waals surface area contributed by atoms with Crippen LogP contribution in [0.4, 0.5) is 5.95 Å². The molecular weight excluding hydrogens is 222 g/mol. The van der Waals surface area contributed by atoms with Gasteiger partial charge in [0.15, 0.2) is 0 Å². The fourth-order valence-corrected chi connectivity index (χ4v) is 1.16. The lowest BCUT2D eigenvalue weighted by Gasteiger charge is -2.13. The Balaban J connectivity index is 2.85. The molecule has 0 spiro atoms. The predicted molar refractivity (Wildman–Crippen MR) is 63.3 cm³/mol. The Labute approximate surface area is 100 Å². The van der Waals surface area contributed by atoms with Crippen LogP contribution >= 0.6 is 0 Å². The number of carboxylic acid groups (broad SMARTS) is 1. The summed E-state index contributed by atoms with van der Waals surface area (Å²) in [5, 5.41) is 11.5. The second kappa shape index (κ2) is 5.47. The van der Waals surface area contributed by atoms with E-state index in [1.807, 2.05) is 13.8 Å². The van der Waals surface area contributed by atoms with Crippen LogP contribution in [0.15, 0.2) is 6.07 Å². The number of aryl methyl sites for hydroxylation is 1. The molecule has 6 nitrogen and oxygen atoms in total. The van der Waals surface area contributed by atoms with Gasteiger partial charge in [-0.1, -0.05) is 0 Å². The summed E-state index contributed by atoms with van der Waals surface area (Å²) in [6.07, 6.45) is 0.00838. The Bertz CT molecular complexity index is 407. The first kappa shape index (κ1) is 13.2. The van der Waals surface area contributed by atoms with Gasteiger partial charge < -0.3 is 15.2 Å². The van der Waals surface area contributed by atoms with Gasteiger partial charge in [-0.3, -0.25) is 4.79 Å². The van der Waals surface area contributed by atoms with E-state index in [-0.39, 0.29) is 12.1 Å². The summed E-state index contributed by atoms with van der Waals surface area (Å²) in [5.74, 6) is -0.260. The van der Waals surface area contributed by atoms with Gasteiger partial charge in [-0.2, -0.15) is 4.98 Å². The molecule has 0 aromatic carbocycles. The summed E-state index contributed by atoms with van der Waals surface area (Å²) < 4.78 is 5.44. The molecule has 1 heterocycles. The Morgan fingerprint density at radius 2 is 2.06 bits per heavy atom. The van der Waals surface area contributed by atoms with Crippen molar-refractivity contribution in [3.05, 3.63) is 11.8 Å². The molecule has 1 aromatic heterocycles. The molecule has 94 valence electrons. The van der Waals surface area contributed by atoms with Gasteiger partial charge in [0.2, 0.25) is 11.8 Å². The zero-order valence-electron chi connectivity index (χ0n) is 10.4. The second-order valence-corrected chi connectivity index (χ2v) is 4.04. The zero-order chi connectivity index (χ0) is 13.0. The van der Waals surface area contributed by atoms with Gasteiger partial charge in [-0.15, -0.1) is 0 Å². The van der Waals surface area contributed by atoms with Crippen molar-refractivity contribution in [3.63, 3.8) is 0 Å². The van der Waals surface area contributed by atoms with Crippen LogP contribution in [0.25, 0.3) is 0 Å². The molecule has 0 amide bonds. The van der Waals surface area contributed by atoms with Crippen LogP contribution in [-0.2, 0) is 4.79 Å². The first-order valence-electron chi connectivity index (χ1n) is 5.40. The average molecular weight is 239 g/mol. The minimum absolute atomic E-state index is 0.00838. The van der Waals surface area contributed by atoms with Crippen LogP contribution in [0.3, 0.4) is 0 Å². The largest absolute Gasteiger partial charge is 0.480 e. The van der Waals surface area contributed by atoms with Gasteiger partial charge in [0.05, 0.1) is 6.10 Å². The predicted octanol–water partition coefficient (Wildman–Crippen LogP) is 1.46. The highest BCUT2D eigenvalue weighted by Crippen LogP contribution is 2.14. The van der Waals surface area contributed by atoms with E-state index in [2.05, 4.69) is 15.3 Å². The summed E-state index contributed by atoms with van der Waals surface area (Å²) in [5.41, 5.74) is 0.718. The minimum Gasteiger partial charge on any atom is -0.480 e. The maximum atomic E-state index is 10.7. The third kappa shape index (κ3) is 4.26. The standard InChI is InChI=1S/C11H17N3O3/c1-6(2)17-9-5-7(3)12-11(14-9)13-8(4)10(15)16/h5-6,8H,1-4H3,(H,15,16)(H,12,13,14). The molecule has 0 aliphatic carbocycles. The smallest absolute Gasteiger partial charge is 0.325 e. The number of anilines is 1. The highest BCUT2D eigenvalue weighted by Gasteiger charge is 2.13. The number of nitrogens with one attached hydrogen (secondary N) is 1. The van der Waals surface area contributed by atoms with Crippen LogP contribution in [0.2, 0.25) is 0 Å². The van der Waals surface area contributed by atoms with Crippen molar-refractivity contribution in [1.29, 1.82) is 0 Å². The lowest BCUT2D eigenvalue weighted by molar-refractivity contribution is -0.137. The van der Waals surface area contributed by atoms with E-state index in [0.717, 1.165) is 5.69 Å². The summed E-state index contributed by atoms with van der Waals surface area (Å²) in [6, 6.07) is 0.958. The van der Waals surface area contributed by atoms with Crippen LogP contribution < -0.4 is 10.1 Å². The number of hydrogen-bond acceptors (Lipinski definition) is 5. The van der Waals surface area contributed by atoms with E-state index >= 15 is 0 Å². The van der Waals surface area contributed by atoms with Crippen LogP contribution in [0.5, 0.6) is 5.88 Å². The molecule has 0 fully saturated rings. The molecular formula is C11H17N3O3. The number of carboxylic acids is 1. The number of nitrogens with zero attached hydrogens (tertiary/aromatic N) is 2. The summed E-state index contributed by atoms with van der Waals surface area (Å²) in [6.45, 7) is 7.11. The molecule has 0 aliphatic rings. The normalized spacial score (nSPS) is 12.3. The van der Waals surface area contributed by atoms with E-state index < -0.39 is 12.0 Å². The molecule has 1 rings (SSSR count). The lowest BCUT2D eigenvalue weighted by Crippen LogP contribution is -2.26. The van der Waals surface area contributed by atoms with Crippen molar-refractivity contribution < 1.29 is 14.6 Å². The SMILES string of the molecule is Cc1cc(OC(C)C)nc(NC(C)C(=O)O)n1. The van der Waals surface area contributed by atoms with Gasteiger partial charge in [0, 0.05) is 11.8 Å². The van der Waals surface area contributed by atoms with Crippen molar-refractivity contribution in [1.82, 2.24) is 9.97 Å². The summed E-state index contributed by atoms with van der Waals surface area (Å²) in [4.78, 5) is 18.9. The van der Waals surface area contributed by atoms with Gasteiger partial charge in [-0.05, 0) is 27.7 Å². The van der Waals surface area contributed by atoms with Gasteiger partial charge >= 0.3 is 5.97 Å². The average Bonchev–Trinajstić information content (AvgIpc) is 2.14. The monoisotopic (exact) mass is 239 g/mol. The first-order valence-corrected chi connectivity index (χ1v) is 5.40. The van der Waals surface area contributed by atoms with E-state index in [4.69, 9.17) is 9.84 Å². The molecule has 1 unspecified atom stereocenters. The van der Waals surface area contributed by atoms with Crippen molar-refractivity contribution in [3.8, 4) is 5.88 Å². The second-order valence-electron chi connectivity index (χ2n) is 4.04. The molecule has 17 heavy (non-hydrogen) atoms. The maximum absolute atomic E-state index is 10.7. The topological polar surface area (TPSA) is 84.3 Å². The molecule has 0 radical (unpaired) electrons. The first-order chi connectivity index (χ1) is 7.88. The molecule has 1 atom stereocenters. The highest BCUT2D eigenvalue weighted by atomic mass is 16.5. The van der Waals surface area contributed by atoms with Crippen LogP contribution in [-0.4, -0.2) is 33.2 Å². The fraction of sp³-hybridized carbons (Fsp3) is 0.545. The fourth-order valence-electron chi connectivity index (χ4n) is 1.16. The lowest BCUT2D eigenvalue weighted by atomic mass is 10.3. The number of hydrogen-bond donors (Lipinski definition) is 2. The van der Waals surface area contributed by atoms with E-state index in [1.165, 1.54) is 6.92 Å². The Morgan fingerprint density at radius 1 is 1.41 bits per heavy atom. The van der Waals surface area contributed by atoms with Crippen LogP contribution in [0, 0.1) is 6.92 Å². The van der Waals surface area contributed by atoms with Crippen molar-refractivity contribution in [2.24, 2.45) is 0 Å². The zero-order valence-corrected chi connectivity index (χ0v) is 10.4. The summed E-state index contributed by atoms with van der Waals surface area (Å²) >= 11 is 0. The number of ether oxygens (including phenoxy) is 1. The molecule has 0 aliphatic heterocycles. The maximum Gasteiger partial charge on any atom is 0.325 e. The molecule has 1 aromatic rings. The van der Waals surface area contributed by atoms with E-state index in [9.17, 15) is 4.79 Å². The number of aromatic nitrogens is 2. The third-order valence-electron chi connectivity index (χ3n) is 1.90. The molecule has 0 saturated heterocycles. The number of carbonyl (C=O) groups is 1. The van der Waals surface area contributed by atoms with E-state index in [1.54, 1.807) is 13.0 Å². The molecule has 0 bridgehead atoms. The molecule has 0 saturated carbocycles. The molecule has 6 heteroatoms. The van der Waals surface area contributed by atoms with E-state index in [0.29, 0.717) is 5.88 Å². The third-order valence-corrected chi connectivity index (χ3v) is 1.90. The van der Waals surface area contributed by atoms with Crippen LogP contribution in [0.1, 0.15) is 26.5 Å². The quantitative estimate of drug-likeness (QED) is 0.809. The van der Waals surface area contributed by atoms with Gasteiger partial charge in [0.1, 0.15) is 6.04 Å². The summed E-state index contributed by atoms with van der Waals surface area (Å²) in [7, 11) is 0. The Hall–Kier alpha value is -1.85. The van der Waals surface area contributed by atoms with Crippen molar-refractivity contribution >= 4 is 11.9 Å². The van der Waals surface area contributed by atoms with Gasteiger partial charge in [-0.25, -0.2) is 4.98 Å². The molecule has 2 N–H and O–H groups in total. The number of aliphatic carboxylic acids is 1. The number of rotatable bonds is 5. The minimum atomic E-state index is -0.957. The highest BCUT2D eigenvalue weighted by molar-refractivity contribution is 5.75. The Kier molecular flexibility index (Phi) is 4.25. The van der Waals surface area contributed by atoms with Crippen molar-refractivity contribution in [2.45, 2.75) is 39.8 Å². The van der Waals surface area contributed by atoms with Gasteiger partial charge in [0.25, 0.3) is 0 Å². The Morgan fingerprint density at radius 3 is 2.59 bits per heavy atom.